The van der Waals surface area contributed by atoms with E-state index in [-0.39, 0.29) is 5.82 Å². The molecule has 2 fully saturated rings. The Morgan fingerprint density at radius 2 is 2.00 bits per heavy atom. The minimum Gasteiger partial charge on any atom is -0.493 e. The van der Waals surface area contributed by atoms with Crippen molar-refractivity contribution in [3.8, 4) is 11.5 Å². The van der Waals surface area contributed by atoms with Crippen LogP contribution < -0.4 is 14.8 Å². The van der Waals surface area contributed by atoms with E-state index in [2.05, 4.69) is 22.4 Å². The van der Waals surface area contributed by atoms with E-state index < -0.39 is 0 Å². The summed E-state index contributed by atoms with van der Waals surface area (Å²) < 4.78 is 31.6. The van der Waals surface area contributed by atoms with E-state index >= 15 is 0 Å². The van der Waals surface area contributed by atoms with Crippen LogP contribution in [-0.4, -0.2) is 31.3 Å². The fraction of sp³-hybridized carbons (Fsp3) is 0.480. The Morgan fingerprint density at radius 3 is 2.81 bits per heavy atom. The summed E-state index contributed by atoms with van der Waals surface area (Å²) in [6.45, 7) is 1.83. The molecule has 2 heterocycles. The largest absolute Gasteiger partial charge is 0.493 e. The maximum Gasteiger partial charge on any atom is 0.195 e. The van der Waals surface area contributed by atoms with Gasteiger partial charge in [-0.05, 0) is 80.3 Å². The van der Waals surface area contributed by atoms with E-state index in [1.807, 2.05) is 6.07 Å². The number of piperidine rings is 1. The molecule has 6 heteroatoms. The van der Waals surface area contributed by atoms with Crippen LogP contribution >= 0.6 is 0 Å². The molecule has 2 aromatic carbocycles. The van der Waals surface area contributed by atoms with Crippen molar-refractivity contribution in [3.05, 3.63) is 53.7 Å². The topological polar surface area (TPSA) is 56.5 Å². The molecule has 2 atom stereocenters. The SMILES string of the molecule is COc1ccc([C@H]2CNC[C@H](Cc3nc4c(F)cccc4o3)C2)cc1OC1CCCC1. The van der Waals surface area contributed by atoms with Gasteiger partial charge in [0.1, 0.15) is 5.52 Å². The minimum absolute atomic E-state index is 0.293. The second-order valence-electron chi connectivity index (χ2n) is 8.79. The number of ether oxygens (including phenoxy) is 2. The first-order chi connectivity index (χ1) is 15.2. The zero-order chi connectivity index (χ0) is 21.2. The van der Waals surface area contributed by atoms with Crippen LogP contribution in [0, 0.1) is 11.7 Å². The number of halogens is 1. The Bertz CT molecular complexity index is 1040. The van der Waals surface area contributed by atoms with Crippen LogP contribution in [0.4, 0.5) is 4.39 Å². The number of nitrogens with zero attached hydrogens (tertiary/aromatic N) is 1. The third kappa shape index (κ3) is 4.40. The van der Waals surface area contributed by atoms with Crippen molar-refractivity contribution in [2.24, 2.45) is 5.92 Å². The first-order valence-electron chi connectivity index (χ1n) is 11.3. The van der Waals surface area contributed by atoms with Crippen molar-refractivity contribution in [3.63, 3.8) is 0 Å². The summed E-state index contributed by atoms with van der Waals surface area (Å²) in [5, 5.41) is 3.55. The molecular formula is C25H29FN2O3. The smallest absolute Gasteiger partial charge is 0.195 e. The number of para-hydroxylation sites is 1. The lowest BCUT2D eigenvalue weighted by molar-refractivity contribution is 0.200. The van der Waals surface area contributed by atoms with E-state index in [9.17, 15) is 4.39 Å². The predicted molar refractivity (Wildman–Crippen MR) is 117 cm³/mol. The molecule has 1 aliphatic heterocycles. The zero-order valence-electron chi connectivity index (χ0n) is 17.9. The Hall–Kier alpha value is -2.60. The van der Waals surface area contributed by atoms with E-state index in [0.717, 1.165) is 43.9 Å². The van der Waals surface area contributed by atoms with Gasteiger partial charge in [0.05, 0.1) is 13.2 Å². The third-order valence-corrected chi connectivity index (χ3v) is 6.57. The van der Waals surface area contributed by atoms with Gasteiger partial charge in [0, 0.05) is 13.0 Å². The number of rotatable bonds is 6. The third-order valence-electron chi connectivity index (χ3n) is 6.57. The molecule has 5 rings (SSSR count). The molecule has 1 saturated carbocycles. The van der Waals surface area contributed by atoms with Crippen LogP contribution in [0.5, 0.6) is 11.5 Å². The fourth-order valence-electron chi connectivity index (χ4n) is 4.96. The van der Waals surface area contributed by atoms with Gasteiger partial charge in [-0.15, -0.1) is 0 Å². The second kappa shape index (κ2) is 8.87. The predicted octanol–water partition coefficient (Wildman–Crippen LogP) is 5.23. The first kappa shape index (κ1) is 20.3. The van der Waals surface area contributed by atoms with E-state index in [0.29, 0.717) is 41.4 Å². The molecule has 1 saturated heterocycles. The van der Waals surface area contributed by atoms with Crippen LogP contribution in [-0.2, 0) is 6.42 Å². The van der Waals surface area contributed by atoms with Gasteiger partial charge in [-0.2, -0.15) is 0 Å². The summed E-state index contributed by atoms with van der Waals surface area (Å²) in [6.07, 6.45) is 6.71. The number of hydrogen-bond acceptors (Lipinski definition) is 5. The van der Waals surface area contributed by atoms with Crippen molar-refractivity contribution in [1.82, 2.24) is 10.3 Å². The molecule has 0 bridgehead atoms. The zero-order valence-corrected chi connectivity index (χ0v) is 17.9. The quantitative estimate of drug-likeness (QED) is 0.587. The first-order valence-corrected chi connectivity index (χ1v) is 11.3. The standard InChI is InChI=1S/C25H29FN2O3/c1-29-21-10-9-17(13-23(21)30-19-5-2-3-6-19)18-11-16(14-27-15-18)12-24-28-25-20(26)7-4-8-22(25)31-24/h4,7-10,13,16,18-19,27H,2-3,5-6,11-12,14-15H2,1H3/t16-,18+/m0/s1. The number of aromatic nitrogens is 1. The average Bonchev–Trinajstić information content (AvgIpc) is 3.44. The number of hydrogen-bond donors (Lipinski definition) is 1. The lowest BCUT2D eigenvalue weighted by atomic mass is 9.84. The van der Waals surface area contributed by atoms with E-state index in [1.54, 1.807) is 19.2 Å². The van der Waals surface area contributed by atoms with Crippen LogP contribution in [0.1, 0.15) is 49.5 Å². The molecule has 1 aromatic heterocycles. The van der Waals surface area contributed by atoms with Gasteiger partial charge < -0.3 is 19.2 Å². The molecule has 0 radical (unpaired) electrons. The van der Waals surface area contributed by atoms with Gasteiger partial charge >= 0.3 is 0 Å². The molecule has 0 spiro atoms. The Balaban J connectivity index is 1.30. The lowest BCUT2D eigenvalue weighted by Gasteiger charge is -2.30. The van der Waals surface area contributed by atoms with Crippen molar-refractivity contribution in [2.45, 2.75) is 50.5 Å². The van der Waals surface area contributed by atoms with Crippen LogP contribution in [0.25, 0.3) is 11.1 Å². The number of nitrogens with one attached hydrogen (secondary N) is 1. The highest BCUT2D eigenvalue weighted by Crippen LogP contribution is 2.37. The Kier molecular flexibility index (Phi) is 5.81. The fourth-order valence-corrected chi connectivity index (χ4v) is 4.96. The van der Waals surface area contributed by atoms with Crippen molar-refractivity contribution >= 4 is 11.1 Å². The molecule has 31 heavy (non-hydrogen) atoms. The molecule has 0 unspecified atom stereocenters. The average molecular weight is 425 g/mol. The number of benzene rings is 2. The Morgan fingerprint density at radius 1 is 1.13 bits per heavy atom. The summed E-state index contributed by atoms with van der Waals surface area (Å²) in [7, 11) is 1.69. The highest BCUT2D eigenvalue weighted by molar-refractivity contribution is 5.73. The number of fused-ring (bicyclic) bond motifs is 1. The van der Waals surface area contributed by atoms with Crippen molar-refractivity contribution in [1.29, 1.82) is 0 Å². The highest BCUT2D eigenvalue weighted by atomic mass is 19.1. The molecule has 0 amide bonds. The summed E-state index contributed by atoms with van der Waals surface area (Å²) >= 11 is 0. The molecule has 2 aliphatic rings. The van der Waals surface area contributed by atoms with Crippen LogP contribution in [0.3, 0.4) is 0 Å². The number of oxazole rings is 1. The van der Waals surface area contributed by atoms with Gasteiger partial charge in [0.25, 0.3) is 0 Å². The molecule has 5 nitrogen and oxygen atoms in total. The summed E-state index contributed by atoms with van der Waals surface area (Å²) in [6, 6.07) is 11.2. The molecule has 1 N–H and O–H groups in total. The normalized spacial score (nSPS) is 22.1. The van der Waals surface area contributed by atoms with E-state index in [1.165, 1.54) is 24.5 Å². The second-order valence-corrected chi connectivity index (χ2v) is 8.79. The molecule has 3 aromatic rings. The highest BCUT2D eigenvalue weighted by Gasteiger charge is 2.26. The lowest BCUT2D eigenvalue weighted by Crippen LogP contribution is -2.36. The van der Waals surface area contributed by atoms with Gasteiger partial charge in [-0.3, -0.25) is 0 Å². The van der Waals surface area contributed by atoms with Crippen molar-refractivity contribution in [2.75, 3.05) is 20.2 Å². The maximum absolute atomic E-state index is 13.9. The van der Waals surface area contributed by atoms with Gasteiger partial charge in [-0.25, -0.2) is 9.37 Å². The molecule has 164 valence electrons. The van der Waals surface area contributed by atoms with Crippen LogP contribution in [0.15, 0.2) is 40.8 Å². The Labute approximate surface area is 181 Å². The maximum atomic E-state index is 13.9. The summed E-state index contributed by atoms with van der Waals surface area (Å²) in [4.78, 5) is 4.39. The monoisotopic (exact) mass is 424 g/mol. The molecule has 1 aliphatic carbocycles. The number of methoxy groups -OCH3 is 1. The summed E-state index contributed by atoms with van der Waals surface area (Å²) in [5.74, 6) is 2.66. The molecular weight excluding hydrogens is 395 g/mol. The van der Waals surface area contributed by atoms with Gasteiger partial charge in [0.2, 0.25) is 0 Å². The van der Waals surface area contributed by atoms with Crippen LogP contribution in [0.2, 0.25) is 0 Å². The van der Waals surface area contributed by atoms with Gasteiger partial charge in [0.15, 0.2) is 28.8 Å². The van der Waals surface area contributed by atoms with E-state index in [4.69, 9.17) is 13.9 Å². The minimum atomic E-state index is -0.333. The summed E-state index contributed by atoms with van der Waals surface area (Å²) in [5.41, 5.74) is 2.09. The van der Waals surface area contributed by atoms with Gasteiger partial charge in [-0.1, -0.05) is 12.1 Å². The van der Waals surface area contributed by atoms with Crippen molar-refractivity contribution < 1.29 is 18.3 Å².